The Kier molecular flexibility index (Phi) is 6.06. The number of benzene rings is 4. The molecule has 2 heterocycles. The lowest BCUT2D eigenvalue weighted by Crippen LogP contribution is -2.33. The number of carbonyl (C=O) groups is 2. The van der Waals surface area contributed by atoms with E-state index in [0.717, 1.165) is 0 Å². The smallest absolute Gasteiger partial charge is 0.340 e. The van der Waals surface area contributed by atoms with Crippen molar-refractivity contribution >= 4 is 75.6 Å². The van der Waals surface area contributed by atoms with Gasteiger partial charge in [-0.05, 0) is 30.3 Å². The molecule has 0 bridgehead atoms. The average molecular weight is 624 g/mol. The number of hydrogen-bond acceptors (Lipinski definition) is 6. The highest BCUT2D eigenvalue weighted by Gasteiger charge is 2.54. The molecule has 12 heteroatoms. The van der Waals surface area contributed by atoms with Gasteiger partial charge >= 0.3 is 5.97 Å². The first-order valence-electron chi connectivity index (χ1n) is 11.1. The van der Waals surface area contributed by atoms with E-state index in [1.54, 1.807) is 30.3 Å². The van der Waals surface area contributed by atoms with E-state index in [1.165, 1.54) is 24.3 Å². The predicted molar refractivity (Wildman–Crippen MR) is 147 cm³/mol. The van der Waals surface area contributed by atoms with Gasteiger partial charge in [0, 0.05) is 17.2 Å². The molecule has 1 amide bonds. The van der Waals surface area contributed by atoms with Crippen molar-refractivity contribution in [3.05, 3.63) is 108 Å². The number of ether oxygens (including phenoxy) is 2. The lowest BCUT2D eigenvalue weighted by molar-refractivity contribution is 0.0224. The Morgan fingerprint density at radius 1 is 0.795 bits per heavy atom. The Balaban J connectivity index is 1.58. The van der Waals surface area contributed by atoms with Gasteiger partial charge in [-0.3, -0.25) is 4.79 Å². The van der Waals surface area contributed by atoms with Crippen molar-refractivity contribution in [2.45, 2.75) is 5.60 Å². The third kappa shape index (κ3) is 3.65. The van der Waals surface area contributed by atoms with E-state index in [1.807, 2.05) is 0 Å². The fourth-order valence-electron chi connectivity index (χ4n) is 4.82. The molecule has 4 aromatic rings. The van der Waals surface area contributed by atoms with Crippen LogP contribution in [0.1, 0.15) is 37.4 Å². The van der Waals surface area contributed by atoms with Crippen LogP contribution in [0.4, 0.5) is 5.69 Å². The summed E-state index contributed by atoms with van der Waals surface area (Å²) in [5.74, 6) is -1.92. The van der Waals surface area contributed by atoms with Gasteiger partial charge in [0.1, 0.15) is 22.9 Å². The van der Waals surface area contributed by atoms with Gasteiger partial charge in [0.2, 0.25) is 0 Å². The SMILES string of the molecule is O=C1OC2(c3ccc(O)cc3Oc3c2ccc(O)c3NC(=O)c2c(Cl)c(Cl)c(Cl)c(Cl)c2Cl)c2ccccc21. The number of phenols is 2. The van der Waals surface area contributed by atoms with Crippen molar-refractivity contribution in [2.75, 3.05) is 5.32 Å². The summed E-state index contributed by atoms with van der Waals surface area (Å²) in [5, 5.41) is 22.6. The summed E-state index contributed by atoms with van der Waals surface area (Å²) in [7, 11) is 0. The highest BCUT2D eigenvalue weighted by molar-refractivity contribution is 6.56. The molecule has 7 nitrogen and oxygen atoms in total. The number of hydrogen-bond donors (Lipinski definition) is 3. The van der Waals surface area contributed by atoms with Crippen molar-refractivity contribution in [1.29, 1.82) is 0 Å². The minimum atomic E-state index is -1.51. The third-order valence-electron chi connectivity index (χ3n) is 6.52. The van der Waals surface area contributed by atoms with Crippen LogP contribution in [0.15, 0.2) is 54.6 Å². The highest BCUT2D eigenvalue weighted by Crippen LogP contribution is 2.59. The van der Waals surface area contributed by atoms with Crippen LogP contribution in [0.5, 0.6) is 23.0 Å². The lowest BCUT2D eigenvalue weighted by Gasteiger charge is -2.37. The van der Waals surface area contributed by atoms with E-state index in [0.29, 0.717) is 22.3 Å². The van der Waals surface area contributed by atoms with E-state index in [2.05, 4.69) is 5.32 Å². The number of carbonyl (C=O) groups excluding carboxylic acids is 2. The van der Waals surface area contributed by atoms with Gasteiger partial charge in [-0.15, -0.1) is 0 Å². The maximum absolute atomic E-state index is 13.4. The summed E-state index contributed by atoms with van der Waals surface area (Å²) in [4.78, 5) is 26.4. The Morgan fingerprint density at radius 3 is 2.15 bits per heavy atom. The molecule has 4 aromatic carbocycles. The van der Waals surface area contributed by atoms with E-state index in [-0.39, 0.29) is 53.6 Å². The minimum Gasteiger partial charge on any atom is -0.508 e. The van der Waals surface area contributed by atoms with E-state index < -0.39 is 23.2 Å². The second-order valence-electron chi connectivity index (χ2n) is 8.63. The Morgan fingerprint density at radius 2 is 1.44 bits per heavy atom. The van der Waals surface area contributed by atoms with Crippen LogP contribution in [0.2, 0.25) is 25.1 Å². The molecule has 3 N–H and O–H groups in total. The van der Waals surface area contributed by atoms with Crippen LogP contribution >= 0.6 is 58.0 Å². The van der Waals surface area contributed by atoms with E-state index in [4.69, 9.17) is 67.5 Å². The minimum absolute atomic E-state index is 0.0515. The summed E-state index contributed by atoms with van der Waals surface area (Å²) in [6.45, 7) is 0. The maximum Gasteiger partial charge on any atom is 0.340 e. The molecule has 1 spiro atoms. The molecule has 0 radical (unpaired) electrons. The largest absolute Gasteiger partial charge is 0.508 e. The number of amides is 1. The summed E-state index contributed by atoms with van der Waals surface area (Å²) in [5.41, 5.74) is -0.437. The van der Waals surface area contributed by atoms with Gasteiger partial charge in [-0.1, -0.05) is 76.2 Å². The molecular formula is C27H12Cl5NO6. The van der Waals surface area contributed by atoms with Gasteiger partial charge < -0.3 is 25.0 Å². The number of nitrogens with one attached hydrogen (secondary N) is 1. The van der Waals surface area contributed by atoms with Crippen molar-refractivity contribution in [3.8, 4) is 23.0 Å². The molecule has 39 heavy (non-hydrogen) atoms. The van der Waals surface area contributed by atoms with Crippen molar-refractivity contribution in [1.82, 2.24) is 0 Å². The van der Waals surface area contributed by atoms with Crippen LogP contribution in [-0.4, -0.2) is 22.1 Å². The summed E-state index contributed by atoms with van der Waals surface area (Å²) in [6, 6.07) is 14.0. The zero-order valence-electron chi connectivity index (χ0n) is 19.1. The molecule has 1 unspecified atom stereocenters. The molecule has 0 aromatic heterocycles. The first-order valence-corrected chi connectivity index (χ1v) is 13.0. The normalized spacial score (nSPS) is 16.7. The van der Waals surface area contributed by atoms with E-state index in [9.17, 15) is 19.8 Å². The van der Waals surface area contributed by atoms with E-state index >= 15 is 0 Å². The van der Waals surface area contributed by atoms with Crippen LogP contribution in [0.3, 0.4) is 0 Å². The molecule has 1 atom stereocenters. The van der Waals surface area contributed by atoms with Crippen molar-refractivity contribution in [3.63, 3.8) is 0 Å². The van der Waals surface area contributed by atoms with Crippen LogP contribution in [-0.2, 0) is 10.3 Å². The molecule has 2 aliphatic heterocycles. The Labute approximate surface area is 245 Å². The monoisotopic (exact) mass is 621 g/mol. The third-order valence-corrected chi connectivity index (χ3v) is 8.80. The number of fused-ring (bicyclic) bond motifs is 6. The molecule has 0 saturated heterocycles. The first kappa shape index (κ1) is 25.9. The fourth-order valence-corrected chi connectivity index (χ4v) is 6.13. The van der Waals surface area contributed by atoms with Crippen LogP contribution < -0.4 is 10.1 Å². The number of rotatable bonds is 2. The van der Waals surface area contributed by atoms with Gasteiger partial charge in [-0.25, -0.2) is 4.79 Å². The summed E-state index contributed by atoms with van der Waals surface area (Å²) >= 11 is 30.9. The van der Waals surface area contributed by atoms with Crippen LogP contribution in [0.25, 0.3) is 0 Å². The summed E-state index contributed by atoms with van der Waals surface area (Å²) in [6.07, 6.45) is 0. The Hall–Kier alpha value is -3.33. The number of halogens is 5. The molecular weight excluding hydrogens is 612 g/mol. The number of esters is 1. The maximum atomic E-state index is 13.4. The second-order valence-corrected chi connectivity index (χ2v) is 10.5. The summed E-state index contributed by atoms with van der Waals surface area (Å²) < 4.78 is 12.1. The van der Waals surface area contributed by atoms with Crippen molar-refractivity contribution in [2.24, 2.45) is 0 Å². The number of anilines is 1. The van der Waals surface area contributed by atoms with Gasteiger partial charge in [0.05, 0.1) is 41.8 Å². The average Bonchev–Trinajstić information content (AvgIpc) is 3.20. The quantitative estimate of drug-likeness (QED) is 0.0900. The molecule has 6 rings (SSSR count). The highest BCUT2D eigenvalue weighted by atomic mass is 35.5. The van der Waals surface area contributed by atoms with Gasteiger partial charge in [0.25, 0.3) is 5.91 Å². The van der Waals surface area contributed by atoms with Gasteiger partial charge in [-0.2, -0.15) is 0 Å². The van der Waals surface area contributed by atoms with Crippen molar-refractivity contribution < 1.29 is 29.3 Å². The number of phenolic OH excluding ortho intramolecular Hbond substituents is 2. The standard InChI is InChI=1S/C27H12Cl5NO6/c28-18-17(19(29)21(31)22(32)20(18)30)25(36)33-23-15(35)8-7-14-24(23)38-16-9-10(34)5-6-13(16)27(14)12-4-2-1-3-11(12)26(37)39-27/h1-9,34-35H,(H,33,36). The molecule has 0 fully saturated rings. The Bertz CT molecular complexity index is 1750. The lowest BCUT2D eigenvalue weighted by atomic mass is 9.77. The topological polar surface area (TPSA) is 105 Å². The van der Waals surface area contributed by atoms with Gasteiger partial charge in [0.15, 0.2) is 11.4 Å². The zero-order valence-corrected chi connectivity index (χ0v) is 22.9. The molecule has 0 aliphatic carbocycles. The molecule has 2 aliphatic rings. The second kappa shape index (κ2) is 9.11. The number of aromatic hydroxyl groups is 2. The first-order chi connectivity index (χ1) is 18.6. The fraction of sp³-hybridized carbons (Fsp3) is 0.0370. The zero-order chi connectivity index (χ0) is 27.8. The molecule has 196 valence electrons. The molecule has 0 saturated carbocycles. The van der Waals surface area contributed by atoms with Crippen LogP contribution in [0, 0.1) is 0 Å². The predicted octanol–water partition coefficient (Wildman–Crippen LogP) is 8.19.